The molecule has 0 aliphatic carbocycles. The van der Waals surface area contributed by atoms with Crippen LogP contribution in [0.3, 0.4) is 0 Å². The quantitative estimate of drug-likeness (QED) is 0.750. The number of nitrogens with one attached hydrogen (secondary N) is 1. The molecular weight excluding hydrogens is 262 g/mol. The first-order valence-electron chi connectivity index (χ1n) is 5.74. The highest BCUT2D eigenvalue weighted by atomic mass is 35.5. The molecule has 5 heteroatoms. The molecule has 98 valence electrons. The van der Waals surface area contributed by atoms with Crippen LogP contribution in [0.15, 0.2) is 42.5 Å². The van der Waals surface area contributed by atoms with E-state index in [2.05, 4.69) is 5.32 Å². The van der Waals surface area contributed by atoms with Gasteiger partial charge in [-0.25, -0.2) is 0 Å². The number of rotatable bonds is 4. The summed E-state index contributed by atoms with van der Waals surface area (Å²) in [7, 11) is 0. The van der Waals surface area contributed by atoms with Gasteiger partial charge in [0.05, 0.1) is 5.56 Å². The molecule has 0 unspecified atom stereocenters. The first-order chi connectivity index (χ1) is 9.06. The molecule has 0 bridgehead atoms. The van der Waals surface area contributed by atoms with Gasteiger partial charge in [0.1, 0.15) is 0 Å². The number of benzene rings is 2. The van der Waals surface area contributed by atoms with Gasteiger partial charge in [-0.05, 0) is 35.9 Å². The maximum atomic E-state index is 11.2. The number of carbonyl (C=O) groups is 1. The molecule has 2 aromatic carbocycles. The molecule has 2 aromatic rings. The molecule has 2 rings (SSSR count). The van der Waals surface area contributed by atoms with Crippen LogP contribution < -0.4 is 16.8 Å². The zero-order valence-electron chi connectivity index (χ0n) is 10.2. The Bertz CT molecular complexity index is 596. The third-order valence-electron chi connectivity index (χ3n) is 2.73. The van der Waals surface area contributed by atoms with Gasteiger partial charge in [-0.2, -0.15) is 0 Å². The molecule has 19 heavy (non-hydrogen) atoms. The summed E-state index contributed by atoms with van der Waals surface area (Å²) in [5, 5.41) is 3.90. The van der Waals surface area contributed by atoms with Gasteiger partial charge in [-0.1, -0.05) is 23.7 Å². The zero-order valence-corrected chi connectivity index (χ0v) is 10.9. The molecule has 0 saturated carbocycles. The van der Waals surface area contributed by atoms with E-state index in [1.807, 2.05) is 24.3 Å². The summed E-state index contributed by atoms with van der Waals surface area (Å²) in [4.78, 5) is 11.2. The van der Waals surface area contributed by atoms with Gasteiger partial charge < -0.3 is 16.8 Å². The Balaban J connectivity index is 2.09. The molecule has 0 fully saturated rings. The molecule has 0 aliphatic rings. The van der Waals surface area contributed by atoms with E-state index in [-0.39, 0.29) is 0 Å². The monoisotopic (exact) mass is 275 g/mol. The average Bonchev–Trinajstić information content (AvgIpc) is 2.39. The average molecular weight is 276 g/mol. The van der Waals surface area contributed by atoms with E-state index < -0.39 is 5.91 Å². The van der Waals surface area contributed by atoms with E-state index in [9.17, 15) is 4.79 Å². The van der Waals surface area contributed by atoms with Crippen molar-refractivity contribution in [3.63, 3.8) is 0 Å². The van der Waals surface area contributed by atoms with Crippen LogP contribution >= 0.6 is 11.6 Å². The predicted octanol–water partition coefficient (Wildman–Crippen LogP) is 2.63. The largest absolute Gasteiger partial charge is 0.398 e. The Hall–Kier alpha value is -2.20. The maximum Gasteiger partial charge on any atom is 0.250 e. The van der Waals surface area contributed by atoms with Crippen molar-refractivity contribution in [3.05, 3.63) is 58.6 Å². The first kappa shape index (κ1) is 13.2. The Labute approximate surface area is 116 Å². The summed E-state index contributed by atoms with van der Waals surface area (Å²) in [6, 6.07) is 12.6. The van der Waals surface area contributed by atoms with E-state index in [4.69, 9.17) is 23.1 Å². The molecule has 0 atom stereocenters. The van der Waals surface area contributed by atoms with Gasteiger partial charge in [0, 0.05) is 22.9 Å². The van der Waals surface area contributed by atoms with Crippen molar-refractivity contribution in [2.24, 2.45) is 5.73 Å². The summed E-state index contributed by atoms with van der Waals surface area (Å²) in [6.45, 7) is 0.624. The minimum Gasteiger partial charge on any atom is -0.398 e. The maximum absolute atomic E-state index is 11.2. The molecule has 0 saturated heterocycles. The summed E-state index contributed by atoms with van der Waals surface area (Å²) in [5.41, 5.74) is 13.5. The standard InChI is InChI=1S/C14H14ClN3O/c15-10-3-1-9(2-4-10)8-18-11-5-6-13(16)12(7-11)14(17)19/h1-7,18H,8,16H2,(H2,17,19). The molecule has 0 spiro atoms. The number of halogens is 1. The second kappa shape index (κ2) is 5.63. The number of nitrogens with two attached hydrogens (primary N) is 2. The van der Waals surface area contributed by atoms with Crippen molar-refractivity contribution in [1.82, 2.24) is 0 Å². The number of primary amides is 1. The molecule has 5 N–H and O–H groups in total. The van der Waals surface area contributed by atoms with E-state index in [1.165, 1.54) is 0 Å². The highest BCUT2D eigenvalue weighted by molar-refractivity contribution is 6.30. The lowest BCUT2D eigenvalue weighted by atomic mass is 10.1. The second-order valence-corrected chi connectivity index (χ2v) is 4.58. The lowest BCUT2D eigenvalue weighted by molar-refractivity contribution is 0.100. The van der Waals surface area contributed by atoms with Gasteiger partial charge in [-0.15, -0.1) is 0 Å². The van der Waals surface area contributed by atoms with Crippen LogP contribution in [0.5, 0.6) is 0 Å². The number of hydrogen-bond donors (Lipinski definition) is 3. The first-order valence-corrected chi connectivity index (χ1v) is 6.11. The molecular formula is C14H14ClN3O. The van der Waals surface area contributed by atoms with Crippen molar-refractivity contribution in [3.8, 4) is 0 Å². The van der Waals surface area contributed by atoms with E-state index in [0.717, 1.165) is 11.3 Å². The van der Waals surface area contributed by atoms with Gasteiger partial charge in [-0.3, -0.25) is 4.79 Å². The van der Waals surface area contributed by atoms with Gasteiger partial charge in [0.2, 0.25) is 0 Å². The highest BCUT2D eigenvalue weighted by Crippen LogP contribution is 2.18. The van der Waals surface area contributed by atoms with Crippen LogP contribution in [0.4, 0.5) is 11.4 Å². The SMILES string of the molecule is NC(=O)c1cc(NCc2ccc(Cl)cc2)ccc1N. The van der Waals surface area contributed by atoms with Crippen molar-refractivity contribution in [2.75, 3.05) is 11.1 Å². The number of anilines is 2. The van der Waals surface area contributed by atoms with Crippen molar-refractivity contribution in [2.45, 2.75) is 6.54 Å². The number of amides is 1. The summed E-state index contributed by atoms with van der Waals surface area (Å²) in [5.74, 6) is -0.535. The normalized spacial score (nSPS) is 10.2. The van der Waals surface area contributed by atoms with Gasteiger partial charge in [0.25, 0.3) is 5.91 Å². The zero-order chi connectivity index (χ0) is 13.8. The fraction of sp³-hybridized carbons (Fsp3) is 0.0714. The Morgan fingerprint density at radius 1 is 1.16 bits per heavy atom. The van der Waals surface area contributed by atoms with Crippen molar-refractivity contribution < 1.29 is 4.79 Å². The lowest BCUT2D eigenvalue weighted by Crippen LogP contribution is -2.14. The molecule has 4 nitrogen and oxygen atoms in total. The summed E-state index contributed by atoms with van der Waals surface area (Å²) >= 11 is 5.82. The van der Waals surface area contributed by atoms with Crippen molar-refractivity contribution >= 4 is 28.9 Å². The number of hydrogen-bond acceptors (Lipinski definition) is 3. The molecule has 0 radical (unpaired) electrons. The molecule has 0 aliphatic heterocycles. The third kappa shape index (κ3) is 3.39. The van der Waals surface area contributed by atoms with Crippen molar-refractivity contribution in [1.29, 1.82) is 0 Å². The predicted molar refractivity (Wildman–Crippen MR) is 78.2 cm³/mol. The van der Waals surface area contributed by atoms with Crippen LogP contribution in [-0.2, 0) is 6.54 Å². The Morgan fingerprint density at radius 2 is 1.84 bits per heavy atom. The van der Waals surface area contributed by atoms with E-state index in [0.29, 0.717) is 22.8 Å². The lowest BCUT2D eigenvalue weighted by Gasteiger charge is -2.09. The minimum atomic E-state index is -0.535. The van der Waals surface area contributed by atoms with Gasteiger partial charge in [0.15, 0.2) is 0 Å². The smallest absolute Gasteiger partial charge is 0.250 e. The van der Waals surface area contributed by atoms with E-state index >= 15 is 0 Å². The van der Waals surface area contributed by atoms with Crippen LogP contribution in [-0.4, -0.2) is 5.91 Å². The Morgan fingerprint density at radius 3 is 2.47 bits per heavy atom. The summed E-state index contributed by atoms with van der Waals surface area (Å²) in [6.07, 6.45) is 0. The summed E-state index contributed by atoms with van der Waals surface area (Å²) < 4.78 is 0. The van der Waals surface area contributed by atoms with Crippen LogP contribution in [0.25, 0.3) is 0 Å². The highest BCUT2D eigenvalue weighted by Gasteiger charge is 2.06. The topological polar surface area (TPSA) is 81.1 Å². The van der Waals surface area contributed by atoms with Crippen LogP contribution in [0.1, 0.15) is 15.9 Å². The second-order valence-electron chi connectivity index (χ2n) is 4.15. The van der Waals surface area contributed by atoms with Crippen LogP contribution in [0, 0.1) is 0 Å². The van der Waals surface area contributed by atoms with E-state index in [1.54, 1.807) is 18.2 Å². The third-order valence-corrected chi connectivity index (χ3v) is 2.98. The fourth-order valence-corrected chi connectivity index (χ4v) is 1.81. The number of carbonyl (C=O) groups excluding carboxylic acids is 1. The fourth-order valence-electron chi connectivity index (χ4n) is 1.69. The molecule has 0 heterocycles. The minimum absolute atomic E-state index is 0.320. The van der Waals surface area contributed by atoms with Crippen LogP contribution in [0.2, 0.25) is 5.02 Å². The number of nitrogen functional groups attached to an aromatic ring is 1. The molecule has 0 aromatic heterocycles. The Kier molecular flexibility index (Phi) is 3.92. The van der Waals surface area contributed by atoms with Gasteiger partial charge >= 0.3 is 0 Å². The molecule has 1 amide bonds.